The number of pyridine rings is 1. The minimum atomic E-state index is -0.913. The van der Waals surface area contributed by atoms with E-state index in [4.69, 9.17) is 22.1 Å². The zero-order valence-corrected chi connectivity index (χ0v) is 9.21. The number of rotatable bonds is 2. The van der Waals surface area contributed by atoms with Gasteiger partial charge in [0.15, 0.2) is 5.82 Å². The first-order chi connectivity index (χ1) is 8.06. The van der Waals surface area contributed by atoms with E-state index < -0.39 is 11.6 Å². The fourth-order valence-electron chi connectivity index (χ4n) is 1.18. The Morgan fingerprint density at radius 1 is 1.24 bits per heavy atom. The summed E-state index contributed by atoms with van der Waals surface area (Å²) in [5.41, 5.74) is 5.94. The smallest absolute Gasteiger partial charge is 0.256 e. The van der Waals surface area contributed by atoms with Crippen LogP contribution in [0.15, 0.2) is 30.5 Å². The third-order valence-electron chi connectivity index (χ3n) is 1.94. The molecule has 0 amide bonds. The Balaban J connectivity index is 2.34. The molecule has 88 valence electrons. The Hall–Kier alpha value is -1.88. The highest BCUT2D eigenvalue weighted by Crippen LogP contribution is 2.31. The number of nitrogens with two attached hydrogens (primary N) is 1. The van der Waals surface area contributed by atoms with Crippen LogP contribution in [0.1, 0.15) is 0 Å². The zero-order valence-electron chi connectivity index (χ0n) is 8.45. The van der Waals surface area contributed by atoms with Crippen LogP contribution in [0.2, 0.25) is 5.02 Å². The number of anilines is 1. The standard InChI is InChI=1S/C11H7ClF2N2O/c12-8-2-1-7(15)4-10(8)17-11-9(14)3-6(13)5-16-11/h1-5H,15H2. The molecule has 0 bridgehead atoms. The molecule has 0 aliphatic heterocycles. The van der Waals surface area contributed by atoms with E-state index in [2.05, 4.69) is 4.98 Å². The Morgan fingerprint density at radius 3 is 2.71 bits per heavy atom. The van der Waals surface area contributed by atoms with Crippen LogP contribution in [0.25, 0.3) is 0 Å². The average molecular weight is 257 g/mol. The molecular weight excluding hydrogens is 250 g/mol. The van der Waals surface area contributed by atoms with Crippen molar-refractivity contribution >= 4 is 17.3 Å². The summed E-state index contributed by atoms with van der Waals surface area (Å²) in [6.07, 6.45) is 0.846. The first-order valence-electron chi connectivity index (χ1n) is 4.60. The number of nitrogens with zero attached hydrogens (tertiary/aromatic N) is 1. The molecule has 0 saturated carbocycles. The molecule has 0 aliphatic carbocycles. The van der Waals surface area contributed by atoms with Gasteiger partial charge >= 0.3 is 0 Å². The molecule has 1 aromatic heterocycles. The van der Waals surface area contributed by atoms with E-state index in [0.29, 0.717) is 11.8 Å². The van der Waals surface area contributed by atoms with Crippen LogP contribution >= 0.6 is 11.6 Å². The zero-order chi connectivity index (χ0) is 12.4. The Kier molecular flexibility index (Phi) is 3.10. The SMILES string of the molecule is Nc1ccc(Cl)c(Oc2ncc(F)cc2F)c1. The van der Waals surface area contributed by atoms with E-state index in [0.717, 1.165) is 6.20 Å². The van der Waals surface area contributed by atoms with Crippen LogP contribution in [0, 0.1) is 11.6 Å². The van der Waals surface area contributed by atoms with Crippen molar-refractivity contribution < 1.29 is 13.5 Å². The van der Waals surface area contributed by atoms with Crippen LogP contribution < -0.4 is 10.5 Å². The third-order valence-corrected chi connectivity index (χ3v) is 2.25. The second-order valence-electron chi connectivity index (χ2n) is 3.23. The van der Waals surface area contributed by atoms with Crippen LogP contribution in [-0.2, 0) is 0 Å². The van der Waals surface area contributed by atoms with E-state index in [1.807, 2.05) is 0 Å². The van der Waals surface area contributed by atoms with Gasteiger partial charge in [-0.1, -0.05) is 11.6 Å². The number of hydrogen-bond acceptors (Lipinski definition) is 3. The summed E-state index contributed by atoms with van der Waals surface area (Å²) < 4.78 is 31.0. The van der Waals surface area contributed by atoms with Gasteiger partial charge in [0.25, 0.3) is 5.88 Å². The first-order valence-corrected chi connectivity index (χ1v) is 4.98. The summed E-state index contributed by atoms with van der Waals surface area (Å²) in [6, 6.07) is 5.17. The monoisotopic (exact) mass is 256 g/mol. The Labute approximate surface area is 101 Å². The molecule has 0 atom stereocenters. The highest BCUT2D eigenvalue weighted by Gasteiger charge is 2.10. The molecule has 0 radical (unpaired) electrons. The van der Waals surface area contributed by atoms with Crippen molar-refractivity contribution in [2.45, 2.75) is 0 Å². The largest absolute Gasteiger partial charge is 0.435 e. The van der Waals surface area contributed by atoms with Gasteiger partial charge in [-0.3, -0.25) is 0 Å². The van der Waals surface area contributed by atoms with E-state index in [1.54, 1.807) is 6.07 Å². The maximum absolute atomic E-state index is 13.3. The summed E-state index contributed by atoms with van der Waals surface area (Å²) in [5.74, 6) is -1.90. The van der Waals surface area contributed by atoms with Crippen LogP contribution in [0.5, 0.6) is 11.6 Å². The molecule has 2 N–H and O–H groups in total. The van der Waals surface area contributed by atoms with Gasteiger partial charge in [0, 0.05) is 17.8 Å². The first kappa shape index (κ1) is 11.6. The van der Waals surface area contributed by atoms with E-state index in [-0.39, 0.29) is 16.7 Å². The van der Waals surface area contributed by atoms with Gasteiger partial charge in [-0.25, -0.2) is 13.8 Å². The minimum Gasteiger partial charge on any atom is -0.435 e. The summed E-state index contributed by atoms with van der Waals surface area (Å²) in [4.78, 5) is 3.47. The fraction of sp³-hybridized carbons (Fsp3) is 0. The molecule has 1 aromatic carbocycles. The molecule has 6 heteroatoms. The van der Waals surface area contributed by atoms with Crippen molar-refractivity contribution in [3.63, 3.8) is 0 Å². The van der Waals surface area contributed by atoms with Gasteiger partial charge in [0.1, 0.15) is 11.6 Å². The number of ether oxygens (including phenoxy) is 1. The van der Waals surface area contributed by atoms with Crippen LogP contribution in [-0.4, -0.2) is 4.98 Å². The predicted molar refractivity (Wildman–Crippen MR) is 60.1 cm³/mol. The summed E-state index contributed by atoms with van der Waals surface area (Å²) in [5, 5.41) is 0.254. The molecule has 2 rings (SSSR count). The van der Waals surface area contributed by atoms with E-state index in [9.17, 15) is 8.78 Å². The van der Waals surface area contributed by atoms with Gasteiger partial charge in [-0.05, 0) is 12.1 Å². The lowest BCUT2D eigenvalue weighted by atomic mass is 10.3. The van der Waals surface area contributed by atoms with Crippen molar-refractivity contribution in [2.24, 2.45) is 0 Å². The number of benzene rings is 1. The second kappa shape index (κ2) is 4.55. The van der Waals surface area contributed by atoms with Crippen molar-refractivity contribution in [1.82, 2.24) is 4.98 Å². The molecule has 0 spiro atoms. The number of nitrogen functional groups attached to an aromatic ring is 1. The van der Waals surface area contributed by atoms with Gasteiger partial charge in [0.2, 0.25) is 0 Å². The van der Waals surface area contributed by atoms with Crippen molar-refractivity contribution in [1.29, 1.82) is 0 Å². The number of halogens is 3. The highest BCUT2D eigenvalue weighted by molar-refractivity contribution is 6.32. The van der Waals surface area contributed by atoms with Gasteiger partial charge in [-0.15, -0.1) is 0 Å². The molecule has 3 nitrogen and oxygen atoms in total. The lowest BCUT2D eigenvalue weighted by molar-refractivity contribution is 0.417. The topological polar surface area (TPSA) is 48.1 Å². The van der Waals surface area contributed by atoms with Crippen molar-refractivity contribution in [2.75, 3.05) is 5.73 Å². The molecule has 0 aliphatic rings. The minimum absolute atomic E-state index is 0.157. The average Bonchev–Trinajstić information content (AvgIpc) is 2.27. The maximum atomic E-state index is 13.3. The van der Waals surface area contributed by atoms with Crippen LogP contribution in [0.3, 0.4) is 0 Å². The number of aromatic nitrogens is 1. The van der Waals surface area contributed by atoms with Gasteiger partial charge in [-0.2, -0.15) is 0 Å². The molecule has 0 unspecified atom stereocenters. The van der Waals surface area contributed by atoms with Crippen molar-refractivity contribution in [3.05, 3.63) is 47.1 Å². The highest BCUT2D eigenvalue weighted by atomic mass is 35.5. The predicted octanol–water partition coefficient (Wildman–Crippen LogP) is 3.39. The Bertz CT molecular complexity index is 563. The molecule has 17 heavy (non-hydrogen) atoms. The van der Waals surface area contributed by atoms with E-state index in [1.165, 1.54) is 12.1 Å². The quantitative estimate of drug-likeness (QED) is 0.838. The third kappa shape index (κ3) is 2.62. The van der Waals surface area contributed by atoms with Crippen LogP contribution in [0.4, 0.5) is 14.5 Å². The normalized spacial score (nSPS) is 10.3. The maximum Gasteiger partial charge on any atom is 0.256 e. The number of hydrogen-bond donors (Lipinski definition) is 1. The fourth-order valence-corrected chi connectivity index (χ4v) is 1.34. The summed E-state index contributed by atoms with van der Waals surface area (Å²) in [7, 11) is 0. The molecule has 2 aromatic rings. The lowest BCUT2D eigenvalue weighted by Crippen LogP contribution is -1.94. The molecule has 0 fully saturated rings. The summed E-state index contributed by atoms with van der Waals surface area (Å²) >= 11 is 5.82. The molecule has 1 heterocycles. The second-order valence-corrected chi connectivity index (χ2v) is 3.64. The Morgan fingerprint density at radius 2 is 2.00 bits per heavy atom. The van der Waals surface area contributed by atoms with Crippen molar-refractivity contribution in [3.8, 4) is 11.6 Å². The lowest BCUT2D eigenvalue weighted by Gasteiger charge is -2.07. The van der Waals surface area contributed by atoms with Gasteiger partial charge in [0.05, 0.1) is 11.2 Å². The summed E-state index contributed by atoms with van der Waals surface area (Å²) in [6.45, 7) is 0. The molecular formula is C11H7ClF2N2O. The molecule has 0 saturated heterocycles. The van der Waals surface area contributed by atoms with E-state index >= 15 is 0 Å². The van der Waals surface area contributed by atoms with Gasteiger partial charge < -0.3 is 10.5 Å².